The fourth-order valence-corrected chi connectivity index (χ4v) is 3.26. The molecule has 1 heterocycles. The van der Waals surface area contributed by atoms with E-state index in [4.69, 9.17) is 0 Å². The SMILES string of the molecule is CCN(CC)CCCc1ccc(-c2scnc2C)cc1. The van der Waals surface area contributed by atoms with Gasteiger partial charge in [-0.05, 0) is 50.5 Å². The Morgan fingerprint density at radius 3 is 2.35 bits per heavy atom. The second-order valence-electron chi connectivity index (χ2n) is 5.09. The van der Waals surface area contributed by atoms with E-state index < -0.39 is 0 Å². The number of aromatic nitrogens is 1. The molecule has 0 spiro atoms. The molecule has 2 rings (SSSR count). The molecule has 0 saturated carbocycles. The Morgan fingerprint density at radius 2 is 1.80 bits per heavy atom. The zero-order valence-electron chi connectivity index (χ0n) is 12.7. The maximum absolute atomic E-state index is 4.32. The quantitative estimate of drug-likeness (QED) is 0.751. The molecule has 1 aromatic heterocycles. The zero-order chi connectivity index (χ0) is 14.4. The van der Waals surface area contributed by atoms with Crippen molar-refractivity contribution in [3.63, 3.8) is 0 Å². The van der Waals surface area contributed by atoms with Crippen LogP contribution < -0.4 is 0 Å². The minimum absolute atomic E-state index is 1.13. The monoisotopic (exact) mass is 288 g/mol. The smallest absolute Gasteiger partial charge is 0.0801 e. The summed E-state index contributed by atoms with van der Waals surface area (Å²) in [7, 11) is 0. The highest BCUT2D eigenvalue weighted by molar-refractivity contribution is 7.13. The number of benzene rings is 1. The number of aryl methyl sites for hydroxylation is 2. The first-order valence-corrected chi connectivity index (χ1v) is 8.34. The highest BCUT2D eigenvalue weighted by Crippen LogP contribution is 2.27. The average Bonchev–Trinajstić information content (AvgIpc) is 2.90. The van der Waals surface area contributed by atoms with Crippen molar-refractivity contribution >= 4 is 11.3 Å². The Balaban J connectivity index is 1.91. The molecule has 0 amide bonds. The summed E-state index contributed by atoms with van der Waals surface area (Å²) in [6.45, 7) is 10.0. The van der Waals surface area contributed by atoms with Crippen molar-refractivity contribution in [2.24, 2.45) is 0 Å². The van der Waals surface area contributed by atoms with Crippen molar-refractivity contribution in [3.8, 4) is 10.4 Å². The molecule has 0 radical (unpaired) electrons. The number of nitrogens with zero attached hydrogens (tertiary/aromatic N) is 2. The Kier molecular flexibility index (Phi) is 5.74. The minimum Gasteiger partial charge on any atom is -0.304 e. The number of rotatable bonds is 7. The van der Waals surface area contributed by atoms with Crippen molar-refractivity contribution < 1.29 is 0 Å². The summed E-state index contributed by atoms with van der Waals surface area (Å²) in [5.74, 6) is 0. The molecule has 0 bridgehead atoms. The third-order valence-corrected chi connectivity index (χ3v) is 4.77. The molecule has 0 aliphatic rings. The molecule has 0 atom stereocenters. The van der Waals surface area contributed by atoms with Crippen molar-refractivity contribution in [1.82, 2.24) is 9.88 Å². The molecule has 0 aliphatic heterocycles. The van der Waals surface area contributed by atoms with Gasteiger partial charge in [0.2, 0.25) is 0 Å². The lowest BCUT2D eigenvalue weighted by Gasteiger charge is -2.17. The van der Waals surface area contributed by atoms with Gasteiger partial charge in [-0.2, -0.15) is 0 Å². The molecule has 0 unspecified atom stereocenters. The second-order valence-corrected chi connectivity index (χ2v) is 5.95. The summed E-state index contributed by atoms with van der Waals surface area (Å²) in [6, 6.07) is 8.98. The van der Waals surface area contributed by atoms with E-state index in [1.54, 1.807) is 11.3 Å². The molecule has 0 N–H and O–H groups in total. The van der Waals surface area contributed by atoms with Gasteiger partial charge in [0.15, 0.2) is 0 Å². The Labute approximate surface area is 126 Å². The molecule has 0 aliphatic carbocycles. The molecule has 3 heteroatoms. The Hall–Kier alpha value is -1.19. The molecule has 2 aromatic rings. The van der Waals surface area contributed by atoms with Crippen LogP contribution in [0.2, 0.25) is 0 Å². The van der Waals surface area contributed by atoms with Gasteiger partial charge in [0.1, 0.15) is 0 Å². The van der Waals surface area contributed by atoms with Crippen molar-refractivity contribution in [1.29, 1.82) is 0 Å². The van der Waals surface area contributed by atoms with E-state index in [1.165, 1.54) is 35.4 Å². The fraction of sp³-hybridized carbons (Fsp3) is 0.471. The summed E-state index contributed by atoms with van der Waals surface area (Å²) in [4.78, 5) is 8.09. The third-order valence-electron chi connectivity index (χ3n) is 3.80. The number of thiazole rings is 1. The Bertz CT molecular complexity index is 512. The second kappa shape index (κ2) is 7.55. The molecule has 1 aromatic carbocycles. The first-order valence-electron chi connectivity index (χ1n) is 7.46. The molecular weight excluding hydrogens is 264 g/mol. The lowest BCUT2D eigenvalue weighted by Crippen LogP contribution is -2.24. The van der Waals surface area contributed by atoms with Gasteiger partial charge in [0.05, 0.1) is 16.1 Å². The predicted molar refractivity (Wildman–Crippen MR) is 88.4 cm³/mol. The van der Waals surface area contributed by atoms with Crippen LogP contribution in [-0.4, -0.2) is 29.5 Å². The van der Waals surface area contributed by atoms with Crippen LogP contribution in [0.1, 0.15) is 31.5 Å². The standard InChI is InChI=1S/C17H24N2S/c1-4-19(5-2)12-6-7-15-8-10-16(11-9-15)17-14(3)18-13-20-17/h8-11,13H,4-7,12H2,1-3H3. The predicted octanol–water partition coefficient (Wildman–Crippen LogP) is 4.39. The third kappa shape index (κ3) is 3.90. The summed E-state index contributed by atoms with van der Waals surface area (Å²) in [5, 5.41) is 0. The maximum Gasteiger partial charge on any atom is 0.0801 e. The van der Waals surface area contributed by atoms with Gasteiger partial charge >= 0.3 is 0 Å². The fourth-order valence-electron chi connectivity index (χ4n) is 2.45. The zero-order valence-corrected chi connectivity index (χ0v) is 13.5. The van der Waals surface area contributed by atoms with E-state index in [0.717, 1.165) is 18.8 Å². The molecule has 0 fully saturated rings. The first-order chi connectivity index (χ1) is 9.74. The normalized spacial score (nSPS) is 11.2. The van der Waals surface area contributed by atoms with Gasteiger partial charge in [0.25, 0.3) is 0 Å². The molecule has 2 nitrogen and oxygen atoms in total. The van der Waals surface area contributed by atoms with Crippen molar-refractivity contribution in [2.75, 3.05) is 19.6 Å². The van der Waals surface area contributed by atoms with Gasteiger partial charge < -0.3 is 4.90 Å². The van der Waals surface area contributed by atoms with Crippen LogP contribution in [0.25, 0.3) is 10.4 Å². The summed E-state index contributed by atoms with van der Waals surface area (Å²) >= 11 is 1.72. The van der Waals surface area contributed by atoms with Crippen LogP contribution in [0, 0.1) is 6.92 Å². The highest BCUT2D eigenvalue weighted by Gasteiger charge is 2.05. The van der Waals surface area contributed by atoms with Gasteiger partial charge in [-0.3, -0.25) is 0 Å². The van der Waals surface area contributed by atoms with Gasteiger partial charge in [-0.1, -0.05) is 38.1 Å². The van der Waals surface area contributed by atoms with Crippen molar-refractivity contribution in [3.05, 3.63) is 41.0 Å². The minimum atomic E-state index is 1.13. The van der Waals surface area contributed by atoms with E-state index in [2.05, 4.69) is 54.9 Å². The number of hydrogen-bond donors (Lipinski definition) is 0. The molecular formula is C17H24N2S. The lowest BCUT2D eigenvalue weighted by molar-refractivity contribution is 0.300. The molecule has 108 valence electrons. The number of hydrogen-bond acceptors (Lipinski definition) is 3. The summed E-state index contributed by atoms with van der Waals surface area (Å²) in [5.41, 5.74) is 5.77. The van der Waals surface area contributed by atoms with Crippen LogP contribution >= 0.6 is 11.3 Å². The molecule has 20 heavy (non-hydrogen) atoms. The van der Waals surface area contributed by atoms with Crippen LogP contribution in [0.15, 0.2) is 29.8 Å². The highest BCUT2D eigenvalue weighted by atomic mass is 32.1. The Morgan fingerprint density at radius 1 is 1.10 bits per heavy atom. The van der Waals surface area contributed by atoms with Crippen LogP contribution in [0.5, 0.6) is 0 Å². The maximum atomic E-state index is 4.32. The van der Waals surface area contributed by atoms with E-state index >= 15 is 0 Å². The van der Waals surface area contributed by atoms with Crippen LogP contribution in [-0.2, 0) is 6.42 Å². The largest absolute Gasteiger partial charge is 0.304 e. The lowest BCUT2D eigenvalue weighted by atomic mass is 10.1. The van der Waals surface area contributed by atoms with E-state index in [1.807, 2.05) is 5.51 Å². The average molecular weight is 288 g/mol. The van der Waals surface area contributed by atoms with Crippen LogP contribution in [0.3, 0.4) is 0 Å². The van der Waals surface area contributed by atoms with Gasteiger partial charge in [-0.25, -0.2) is 4.98 Å². The van der Waals surface area contributed by atoms with E-state index in [0.29, 0.717) is 0 Å². The van der Waals surface area contributed by atoms with Crippen molar-refractivity contribution in [2.45, 2.75) is 33.6 Å². The van der Waals surface area contributed by atoms with E-state index in [-0.39, 0.29) is 0 Å². The first kappa shape index (κ1) is 15.2. The topological polar surface area (TPSA) is 16.1 Å². The van der Waals surface area contributed by atoms with Gasteiger partial charge in [-0.15, -0.1) is 11.3 Å². The summed E-state index contributed by atoms with van der Waals surface area (Å²) < 4.78 is 0. The van der Waals surface area contributed by atoms with Crippen LogP contribution in [0.4, 0.5) is 0 Å². The molecule has 0 saturated heterocycles. The van der Waals surface area contributed by atoms with E-state index in [9.17, 15) is 0 Å². The van der Waals surface area contributed by atoms with Gasteiger partial charge in [0, 0.05) is 0 Å². The summed E-state index contributed by atoms with van der Waals surface area (Å²) in [6.07, 6.45) is 2.40.